The van der Waals surface area contributed by atoms with Crippen molar-refractivity contribution in [1.82, 2.24) is 19.7 Å². The van der Waals surface area contributed by atoms with E-state index >= 15 is 0 Å². The van der Waals surface area contributed by atoms with E-state index in [-0.39, 0.29) is 11.5 Å². The van der Waals surface area contributed by atoms with E-state index in [2.05, 4.69) is 20.4 Å². The lowest BCUT2D eigenvalue weighted by atomic mass is 10.1. The van der Waals surface area contributed by atoms with Crippen molar-refractivity contribution in [2.24, 2.45) is 0 Å². The number of benzene rings is 2. The van der Waals surface area contributed by atoms with Crippen molar-refractivity contribution in [3.63, 3.8) is 0 Å². The van der Waals surface area contributed by atoms with Gasteiger partial charge in [0.15, 0.2) is 5.65 Å². The van der Waals surface area contributed by atoms with Crippen molar-refractivity contribution in [3.05, 3.63) is 72.4 Å². The molecule has 0 aliphatic carbocycles. The summed E-state index contributed by atoms with van der Waals surface area (Å²) < 4.78 is 54.3. The quantitative estimate of drug-likeness (QED) is 0.255. The van der Waals surface area contributed by atoms with Gasteiger partial charge in [0, 0.05) is 0 Å². The number of thioether (sulfide) groups is 1. The Morgan fingerprint density at radius 1 is 1.09 bits per heavy atom. The fourth-order valence-corrected chi connectivity index (χ4v) is 3.86. The molecule has 0 spiro atoms. The zero-order valence-electron chi connectivity index (χ0n) is 16.5. The largest absolute Gasteiger partial charge is 0.418 e. The molecule has 4 aromatic rings. The molecule has 1 N–H and O–H groups in total. The highest BCUT2D eigenvalue weighted by Crippen LogP contribution is 2.35. The minimum Gasteiger partial charge on any atom is -0.325 e. The van der Waals surface area contributed by atoms with E-state index in [1.807, 2.05) is 0 Å². The molecule has 0 aliphatic rings. The van der Waals surface area contributed by atoms with Crippen molar-refractivity contribution < 1.29 is 22.4 Å². The van der Waals surface area contributed by atoms with Crippen molar-refractivity contribution in [3.8, 4) is 5.69 Å². The van der Waals surface area contributed by atoms with Crippen molar-refractivity contribution in [2.45, 2.75) is 23.4 Å². The highest BCUT2D eigenvalue weighted by atomic mass is 32.2. The van der Waals surface area contributed by atoms with Crippen molar-refractivity contribution in [1.29, 1.82) is 0 Å². The molecule has 0 saturated carbocycles. The number of aromatic nitrogens is 4. The van der Waals surface area contributed by atoms with Crippen LogP contribution in [0.2, 0.25) is 0 Å². The summed E-state index contributed by atoms with van der Waals surface area (Å²) >= 11 is 1.07. The predicted molar refractivity (Wildman–Crippen MR) is 112 cm³/mol. The third-order valence-corrected chi connectivity index (χ3v) is 5.66. The van der Waals surface area contributed by atoms with Crippen LogP contribution in [0.5, 0.6) is 0 Å². The number of nitrogens with zero attached hydrogens (tertiary/aromatic N) is 4. The monoisotopic (exact) mass is 461 g/mol. The van der Waals surface area contributed by atoms with Crippen LogP contribution in [0.4, 0.5) is 23.2 Å². The first-order chi connectivity index (χ1) is 15.2. The van der Waals surface area contributed by atoms with Gasteiger partial charge in [0.25, 0.3) is 0 Å². The Labute approximate surface area is 183 Å². The smallest absolute Gasteiger partial charge is 0.325 e. The van der Waals surface area contributed by atoms with Gasteiger partial charge >= 0.3 is 6.18 Å². The second-order valence-corrected chi connectivity index (χ2v) is 8.07. The third kappa shape index (κ3) is 4.42. The number of hydrogen-bond acceptors (Lipinski definition) is 5. The topological polar surface area (TPSA) is 72.7 Å². The maximum Gasteiger partial charge on any atom is 0.418 e. The number of carbonyl (C=O) groups is 1. The van der Waals surface area contributed by atoms with Gasteiger partial charge in [0.05, 0.1) is 33.8 Å². The van der Waals surface area contributed by atoms with Gasteiger partial charge in [0.1, 0.15) is 17.2 Å². The van der Waals surface area contributed by atoms with Crippen LogP contribution in [0.1, 0.15) is 12.5 Å². The summed E-state index contributed by atoms with van der Waals surface area (Å²) in [6.45, 7) is 1.56. The molecule has 1 unspecified atom stereocenters. The van der Waals surface area contributed by atoms with E-state index in [9.17, 15) is 22.4 Å². The third-order valence-electron chi connectivity index (χ3n) is 4.55. The van der Waals surface area contributed by atoms with Crippen LogP contribution in [0.3, 0.4) is 0 Å². The molecule has 32 heavy (non-hydrogen) atoms. The van der Waals surface area contributed by atoms with Gasteiger partial charge in [-0.05, 0) is 43.3 Å². The van der Waals surface area contributed by atoms with Gasteiger partial charge < -0.3 is 5.32 Å². The Bertz CT molecular complexity index is 1270. The molecule has 0 radical (unpaired) electrons. The Hall–Kier alpha value is -3.47. The van der Waals surface area contributed by atoms with Gasteiger partial charge in [-0.1, -0.05) is 23.9 Å². The molecule has 1 amide bonds. The number of para-hydroxylation sites is 1. The fraction of sp³-hybridized carbons (Fsp3) is 0.143. The summed E-state index contributed by atoms with van der Waals surface area (Å²) in [6.07, 6.45) is -1.77. The van der Waals surface area contributed by atoms with Gasteiger partial charge in [-0.15, -0.1) is 0 Å². The fourth-order valence-electron chi connectivity index (χ4n) is 2.98. The molecular formula is C21H15F4N5OS. The van der Waals surface area contributed by atoms with Gasteiger partial charge in [-0.25, -0.2) is 19.0 Å². The molecule has 0 saturated heterocycles. The highest BCUT2D eigenvalue weighted by Gasteiger charge is 2.34. The minimum absolute atomic E-state index is 0.311. The molecule has 0 fully saturated rings. The van der Waals surface area contributed by atoms with Crippen LogP contribution >= 0.6 is 11.8 Å². The first-order valence-corrected chi connectivity index (χ1v) is 10.2. The van der Waals surface area contributed by atoms with Crippen LogP contribution in [-0.4, -0.2) is 30.9 Å². The molecule has 164 valence electrons. The second-order valence-electron chi connectivity index (χ2n) is 6.74. The van der Waals surface area contributed by atoms with Gasteiger partial charge in [0.2, 0.25) is 5.91 Å². The molecule has 4 rings (SSSR count). The van der Waals surface area contributed by atoms with E-state index in [1.165, 1.54) is 47.5 Å². The number of hydrogen-bond donors (Lipinski definition) is 1. The average molecular weight is 461 g/mol. The molecular weight excluding hydrogens is 446 g/mol. The zero-order chi connectivity index (χ0) is 22.9. The summed E-state index contributed by atoms with van der Waals surface area (Å²) in [7, 11) is 0. The number of carbonyl (C=O) groups excluding carboxylic acids is 1. The van der Waals surface area contributed by atoms with Crippen molar-refractivity contribution in [2.75, 3.05) is 5.32 Å². The van der Waals surface area contributed by atoms with Crippen LogP contribution in [-0.2, 0) is 11.0 Å². The lowest BCUT2D eigenvalue weighted by Crippen LogP contribution is -2.24. The lowest BCUT2D eigenvalue weighted by molar-refractivity contribution is -0.137. The summed E-state index contributed by atoms with van der Waals surface area (Å²) in [5, 5.41) is 6.84. The number of fused-ring (bicyclic) bond motifs is 1. The number of anilines is 1. The lowest BCUT2D eigenvalue weighted by Gasteiger charge is -2.16. The SMILES string of the molecule is CC(Sc1ncnc2c1cnn2-c1ccc(F)cc1)C(=O)Nc1ccccc1C(F)(F)F. The molecule has 2 aromatic heterocycles. The molecule has 1 atom stereocenters. The number of rotatable bonds is 5. The highest BCUT2D eigenvalue weighted by molar-refractivity contribution is 8.00. The summed E-state index contributed by atoms with van der Waals surface area (Å²) in [4.78, 5) is 21.0. The summed E-state index contributed by atoms with van der Waals surface area (Å²) in [6, 6.07) is 10.5. The Morgan fingerprint density at radius 2 is 1.81 bits per heavy atom. The number of alkyl halides is 3. The number of amides is 1. The standard InChI is InChI=1S/C21H15F4N5OS/c1-12(19(31)29-17-5-3-2-4-16(17)21(23,24)25)32-20-15-10-28-30(18(15)26-11-27-20)14-8-6-13(22)7-9-14/h2-12H,1H3,(H,29,31). The number of halogens is 4. The van der Waals surface area contributed by atoms with Gasteiger partial charge in [-0.2, -0.15) is 18.3 Å². The molecule has 0 bridgehead atoms. The van der Waals surface area contributed by atoms with Crippen LogP contribution < -0.4 is 5.32 Å². The van der Waals surface area contributed by atoms with Crippen LogP contribution in [0.15, 0.2) is 66.1 Å². The maximum atomic E-state index is 13.2. The Kier molecular flexibility index (Phi) is 5.83. The van der Waals surface area contributed by atoms with E-state index in [0.29, 0.717) is 21.7 Å². The van der Waals surface area contributed by atoms with E-state index in [0.717, 1.165) is 17.8 Å². The molecule has 2 aromatic carbocycles. The molecule has 0 aliphatic heterocycles. The Balaban J connectivity index is 1.56. The molecule has 2 heterocycles. The summed E-state index contributed by atoms with van der Waals surface area (Å²) in [5.41, 5.74) is -0.195. The molecule has 6 nitrogen and oxygen atoms in total. The normalized spacial score (nSPS) is 12.7. The maximum absolute atomic E-state index is 13.2. The first kappa shape index (κ1) is 21.8. The second kappa shape index (κ2) is 8.58. The van der Waals surface area contributed by atoms with Crippen molar-refractivity contribution >= 4 is 34.4 Å². The van der Waals surface area contributed by atoms with E-state index in [4.69, 9.17) is 0 Å². The predicted octanol–water partition coefficient (Wildman–Crippen LogP) is 5.09. The van der Waals surface area contributed by atoms with Crippen LogP contribution in [0, 0.1) is 5.82 Å². The molecule has 11 heteroatoms. The van der Waals surface area contributed by atoms with E-state index < -0.39 is 22.9 Å². The average Bonchev–Trinajstić information content (AvgIpc) is 3.19. The Morgan fingerprint density at radius 3 is 2.53 bits per heavy atom. The minimum atomic E-state index is -4.59. The summed E-state index contributed by atoms with van der Waals surface area (Å²) in [5.74, 6) is -0.993. The van der Waals surface area contributed by atoms with E-state index in [1.54, 1.807) is 19.1 Å². The van der Waals surface area contributed by atoms with Crippen LogP contribution in [0.25, 0.3) is 16.7 Å². The van der Waals surface area contributed by atoms with Gasteiger partial charge in [-0.3, -0.25) is 4.79 Å². The number of nitrogens with one attached hydrogen (secondary N) is 1. The first-order valence-electron chi connectivity index (χ1n) is 9.32. The zero-order valence-corrected chi connectivity index (χ0v) is 17.3.